The molecule has 1 aromatic rings. The summed E-state index contributed by atoms with van der Waals surface area (Å²) >= 11 is 0. The molecule has 1 aromatic carbocycles. The lowest BCUT2D eigenvalue weighted by molar-refractivity contribution is 0.0389. The third-order valence-electron chi connectivity index (χ3n) is 3.44. The van der Waals surface area contributed by atoms with E-state index in [1.54, 1.807) is 30.1 Å². The Morgan fingerprint density at radius 2 is 2.26 bits per heavy atom. The maximum atomic E-state index is 12.3. The standard InChI is InChI=1S/C14H21N3O2/c1-17(8-10-3-2-6-19-9-10)14(18)12-5-4-11(15)7-13(12)16/h4-5,7,10H,2-3,6,8-9,15-16H2,1H3. The summed E-state index contributed by atoms with van der Waals surface area (Å²) in [6.45, 7) is 2.26. The van der Waals surface area contributed by atoms with Crippen molar-refractivity contribution in [3.63, 3.8) is 0 Å². The highest BCUT2D eigenvalue weighted by atomic mass is 16.5. The molecule has 4 N–H and O–H groups in total. The van der Waals surface area contributed by atoms with E-state index in [4.69, 9.17) is 16.2 Å². The minimum absolute atomic E-state index is 0.0666. The van der Waals surface area contributed by atoms with E-state index in [-0.39, 0.29) is 5.91 Å². The first-order valence-electron chi connectivity index (χ1n) is 6.56. The van der Waals surface area contributed by atoms with Crippen LogP contribution in [0.25, 0.3) is 0 Å². The number of hydrogen-bond donors (Lipinski definition) is 2. The molecule has 1 fully saturated rings. The van der Waals surface area contributed by atoms with Crippen LogP contribution in [0.5, 0.6) is 0 Å². The highest BCUT2D eigenvalue weighted by Crippen LogP contribution is 2.19. The van der Waals surface area contributed by atoms with E-state index in [2.05, 4.69) is 0 Å². The number of anilines is 2. The number of carbonyl (C=O) groups is 1. The van der Waals surface area contributed by atoms with Crippen molar-refractivity contribution in [1.82, 2.24) is 4.90 Å². The second kappa shape index (κ2) is 5.93. The Labute approximate surface area is 113 Å². The van der Waals surface area contributed by atoms with Crippen LogP contribution in [0.4, 0.5) is 11.4 Å². The van der Waals surface area contributed by atoms with Gasteiger partial charge >= 0.3 is 0 Å². The molecule has 104 valence electrons. The highest BCUT2D eigenvalue weighted by molar-refractivity contribution is 5.99. The van der Waals surface area contributed by atoms with Gasteiger partial charge in [0.15, 0.2) is 0 Å². The molecule has 0 bridgehead atoms. The minimum atomic E-state index is -0.0666. The minimum Gasteiger partial charge on any atom is -0.399 e. The number of rotatable bonds is 3. The van der Waals surface area contributed by atoms with E-state index >= 15 is 0 Å². The Balaban J connectivity index is 2.01. The second-order valence-electron chi connectivity index (χ2n) is 5.12. The number of nitrogens with two attached hydrogens (primary N) is 2. The molecule has 1 aliphatic rings. The molecular formula is C14H21N3O2. The second-order valence-corrected chi connectivity index (χ2v) is 5.12. The Kier molecular flexibility index (Phi) is 4.27. The van der Waals surface area contributed by atoms with Crippen LogP contribution in [0.3, 0.4) is 0 Å². The van der Waals surface area contributed by atoms with Gasteiger partial charge in [-0.1, -0.05) is 0 Å². The summed E-state index contributed by atoms with van der Waals surface area (Å²) in [7, 11) is 1.80. The molecule has 0 aliphatic carbocycles. The zero-order valence-electron chi connectivity index (χ0n) is 11.3. The van der Waals surface area contributed by atoms with Crippen LogP contribution in [-0.4, -0.2) is 37.6 Å². The van der Waals surface area contributed by atoms with Gasteiger partial charge in [0.2, 0.25) is 0 Å². The first kappa shape index (κ1) is 13.7. The van der Waals surface area contributed by atoms with E-state index in [1.807, 2.05) is 0 Å². The van der Waals surface area contributed by atoms with Gasteiger partial charge in [-0.3, -0.25) is 4.79 Å². The van der Waals surface area contributed by atoms with Gasteiger partial charge in [-0.15, -0.1) is 0 Å². The average molecular weight is 263 g/mol. The van der Waals surface area contributed by atoms with E-state index < -0.39 is 0 Å². The fraction of sp³-hybridized carbons (Fsp3) is 0.500. The Bertz CT molecular complexity index is 456. The monoisotopic (exact) mass is 263 g/mol. The van der Waals surface area contributed by atoms with Crippen LogP contribution in [-0.2, 0) is 4.74 Å². The molecule has 5 heteroatoms. The Hall–Kier alpha value is -1.75. The largest absolute Gasteiger partial charge is 0.399 e. The van der Waals surface area contributed by atoms with Gasteiger partial charge in [-0.25, -0.2) is 0 Å². The van der Waals surface area contributed by atoms with Crippen LogP contribution in [0.15, 0.2) is 18.2 Å². The van der Waals surface area contributed by atoms with Gasteiger partial charge in [0, 0.05) is 31.6 Å². The molecule has 1 unspecified atom stereocenters. The number of benzene rings is 1. The number of ether oxygens (including phenoxy) is 1. The molecule has 5 nitrogen and oxygen atoms in total. The Morgan fingerprint density at radius 1 is 1.47 bits per heavy atom. The van der Waals surface area contributed by atoms with Gasteiger partial charge in [-0.05, 0) is 37.0 Å². The summed E-state index contributed by atoms with van der Waals surface area (Å²) in [6.07, 6.45) is 2.17. The first-order chi connectivity index (χ1) is 9.08. The molecule has 0 aromatic heterocycles. The average Bonchev–Trinajstić information content (AvgIpc) is 2.39. The number of carbonyl (C=O) groups excluding carboxylic acids is 1. The van der Waals surface area contributed by atoms with Crippen LogP contribution in [0.2, 0.25) is 0 Å². The SMILES string of the molecule is CN(CC1CCCOC1)C(=O)c1ccc(N)cc1N. The predicted octanol–water partition coefficient (Wildman–Crippen LogP) is 1.35. The highest BCUT2D eigenvalue weighted by Gasteiger charge is 2.20. The topological polar surface area (TPSA) is 81.6 Å². The van der Waals surface area contributed by atoms with Crippen molar-refractivity contribution < 1.29 is 9.53 Å². The third-order valence-corrected chi connectivity index (χ3v) is 3.44. The fourth-order valence-electron chi connectivity index (χ4n) is 2.40. The molecule has 0 spiro atoms. The summed E-state index contributed by atoms with van der Waals surface area (Å²) in [5, 5.41) is 0. The van der Waals surface area contributed by atoms with Crippen molar-refractivity contribution in [3.05, 3.63) is 23.8 Å². The number of nitrogens with zero attached hydrogens (tertiary/aromatic N) is 1. The Morgan fingerprint density at radius 3 is 2.89 bits per heavy atom. The molecule has 1 amide bonds. The summed E-state index contributed by atoms with van der Waals surface area (Å²) in [4.78, 5) is 14.0. The lowest BCUT2D eigenvalue weighted by Crippen LogP contribution is -2.35. The summed E-state index contributed by atoms with van der Waals surface area (Å²) in [6, 6.07) is 4.99. The van der Waals surface area contributed by atoms with Crippen molar-refractivity contribution in [3.8, 4) is 0 Å². The van der Waals surface area contributed by atoms with Gasteiger partial charge < -0.3 is 21.1 Å². The van der Waals surface area contributed by atoms with Crippen LogP contribution >= 0.6 is 0 Å². The maximum absolute atomic E-state index is 12.3. The summed E-state index contributed by atoms with van der Waals surface area (Å²) in [5.41, 5.74) is 13.0. The molecule has 1 saturated heterocycles. The normalized spacial score (nSPS) is 19.1. The summed E-state index contributed by atoms with van der Waals surface area (Å²) < 4.78 is 5.43. The lowest BCUT2D eigenvalue weighted by atomic mass is 10.0. The predicted molar refractivity (Wildman–Crippen MR) is 75.8 cm³/mol. The molecule has 0 radical (unpaired) electrons. The smallest absolute Gasteiger partial charge is 0.255 e. The van der Waals surface area contributed by atoms with Crippen LogP contribution in [0, 0.1) is 5.92 Å². The molecule has 19 heavy (non-hydrogen) atoms. The molecule has 2 rings (SSSR count). The van der Waals surface area contributed by atoms with Crippen LogP contribution in [0.1, 0.15) is 23.2 Å². The molecule has 0 saturated carbocycles. The first-order valence-corrected chi connectivity index (χ1v) is 6.56. The van der Waals surface area contributed by atoms with Gasteiger partial charge in [0.1, 0.15) is 0 Å². The maximum Gasteiger partial charge on any atom is 0.255 e. The van der Waals surface area contributed by atoms with Gasteiger partial charge in [0.05, 0.1) is 12.2 Å². The van der Waals surface area contributed by atoms with Crippen molar-refractivity contribution in [2.75, 3.05) is 38.3 Å². The van der Waals surface area contributed by atoms with Gasteiger partial charge in [-0.2, -0.15) is 0 Å². The van der Waals surface area contributed by atoms with E-state index in [1.165, 1.54) is 0 Å². The van der Waals surface area contributed by atoms with Crippen molar-refractivity contribution >= 4 is 17.3 Å². The number of nitrogen functional groups attached to an aromatic ring is 2. The van der Waals surface area contributed by atoms with E-state index in [0.717, 1.165) is 26.1 Å². The van der Waals surface area contributed by atoms with Gasteiger partial charge in [0.25, 0.3) is 5.91 Å². The third kappa shape index (κ3) is 3.38. The summed E-state index contributed by atoms with van der Waals surface area (Å²) in [5.74, 6) is 0.348. The molecule has 1 heterocycles. The van der Waals surface area contributed by atoms with E-state index in [0.29, 0.717) is 29.4 Å². The number of hydrogen-bond acceptors (Lipinski definition) is 4. The van der Waals surface area contributed by atoms with E-state index in [9.17, 15) is 4.79 Å². The quantitative estimate of drug-likeness (QED) is 0.806. The number of amides is 1. The molecule has 1 atom stereocenters. The van der Waals surface area contributed by atoms with Crippen molar-refractivity contribution in [2.24, 2.45) is 5.92 Å². The lowest BCUT2D eigenvalue weighted by Gasteiger charge is -2.27. The molecule has 1 aliphatic heterocycles. The van der Waals surface area contributed by atoms with Crippen LogP contribution < -0.4 is 11.5 Å². The van der Waals surface area contributed by atoms with Crippen molar-refractivity contribution in [1.29, 1.82) is 0 Å². The fourth-order valence-corrected chi connectivity index (χ4v) is 2.40. The van der Waals surface area contributed by atoms with Crippen molar-refractivity contribution in [2.45, 2.75) is 12.8 Å². The zero-order chi connectivity index (χ0) is 13.8. The zero-order valence-corrected chi connectivity index (χ0v) is 11.3. The molecular weight excluding hydrogens is 242 g/mol.